The van der Waals surface area contributed by atoms with E-state index >= 15 is 0 Å². The molecule has 0 aliphatic carbocycles. The minimum absolute atomic E-state index is 0. The lowest BCUT2D eigenvalue weighted by Gasteiger charge is -2.17. The molecular formula is C16H25ClN2O. The fraction of sp³-hybridized carbons (Fsp3) is 0.562. The van der Waals surface area contributed by atoms with Crippen LogP contribution in [0.2, 0.25) is 0 Å². The summed E-state index contributed by atoms with van der Waals surface area (Å²) in [6.45, 7) is 3.78. The molecule has 1 saturated heterocycles. The topological polar surface area (TPSA) is 46.3 Å². The van der Waals surface area contributed by atoms with Gasteiger partial charge in [0.2, 0.25) is 5.91 Å². The lowest BCUT2D eigenvalue weighted by atomic mass is 9.99. The molecule has 2 atom stereocenters. The minimum Gasteiger partial charge on any atom is -0.342 e. The summed E-state index contributed by atoms with van der Waals surface area (Å²) in [6, 6.07) is 10.7. The summed E-state index contributed by atoms with van der Waals surface area (Å²) in [4.78, 5) is 14.0. The van der Waals surface area contributed by atoms with Gasteiger partial charge >= 0.3 is 0 Å². The molecule has 2 rings (SSSR count). The predicted octanol–water partition coefficient (Wildman–Crippen LogP) is 2.63. The molecule has 0 aromatic heterocycles. The summed E-state index contributed by atoms with van der Waals surface area (Å²) in [6.07, 6.45) is 3.59. The Morgan fingerprint density at radius 2 is 2.10 bits per heavy atom. The average molecular weight is 297 g/mol. The van der Waals surface area contributed by atoms with Crippen molar-refractivity contribution in [3.63, 3.8) is 0 Å². The highest BCUT2D eigenvalue weighted by atomic mass is 35.5. The molecule has 4 heteroatoms. The number of carbonyl (C=O) groups is 1. The molecule has 3 nitrogen and oxygen atoms in total. The fourth-order valence-corrected chi connectivity index (χ4v) is 2.68. The number of carbonyl (C=O) groups excluding carboxylic acids is 1. The van der Waals surface area contributed by atoms with Crippen molar-refractivity contribution < 1.29 is 4.79 Å². The normalized spacial score (nSPS) is 19.5. The Bertz CT molecular complexity index is 408. The highest BCUT2D eigenvalue weighted by Gasteiger charge is 2.25. The predicted molar refractivity (Wildman–Crippen MR) is 85.0 cm³/mol. The third kappa shape index (κ3) is 5.14. The first-order valence-corrected chi connectivity index (χ1v) is 7.22. The van der Waals surface area contributed by atoms with Crippen LogP contribution in [0.1, 0.15) is 31.7 Å². The zero-order valence-electron chi connectivity index (χ0n) is 12.1. The van der Waals surface area contributed by atoms with Gasteiger partial charge in [-0.15, -0.1) is 12.4 Å². The van der Waals surface area contributed by atoms with E-state index in [2.05, 4.69) is 24.3 Å². The highest BCUT2D eigenvalue weighted by molar-refractivity contribution is 5.85. The Hall–Kier alpha value is -1.06. The third-order valence-corrected chi connectivity index (χ3v) is 3.82. The Balaban J connectivity index is 0.00000200. The second-order valence-electron chi connectivity index (χ2n) is 5.70. The molecule has 0 spiro atoms. The number of halogens is 1. The smallest absolute Gasteiger partial charge is 0.222 e. The number of amides is 1. The van der Waals surface area contributed by atoms with Crippen molar-refractivity contribution >= 4 is 18.3 Å². The molecule has 2 unspecified atom stereocenters. The van der Waals surface area contributed by atoms with Crippen molar-refractivity contribution in [2.75, 3.05) is 13.1 Å². The summed E-state index contributed by atoms with van der Waals surface area (Å²) in [5.74, 6) is 0.884. The molecule has 1 aromatic carbocycles. The zero-order valence-corrected chi connectivity index (χ0v) is 12.9. The van der Waals surface area contributed by atoms with Gasteiger partial charge in [-0.3, -0.25) is 4.79 Å². The molecule has 1 aromatic rings. The number of benzene rings is 1. The molecule has 1 amide bonds. The van der Waals surface area contributed by atoms with Crippen LogP contribution >= 0.6 is 12.4 Å². The van der Waals surface area contributed by atoms with Crippen LogP contribution in [0.3, 0.4) is 0 Å². The second-order valence-corrected chi connectivity index (χ2v) is 5.70. The quantitative estimate of drug-likeness (QED) is 0.908. The maximum atomic E-state index is 12.0. The summed E-state index contributed by atoms with van der Waals surface area (Å²) in [5.41, 5.74) is 7.07. The van der Waals surface area contributed by atoms with E-state index in [0.717, 1.165) is 32.4 Å². The first-order valence-electron chi connectivity index (χ1n) is 7.22. The largest absolute Gasteiger partial charge is 0.342 e. The third-order valence-electron chi connectivity index (χ3n) is 3.82. The van der Waals surface area contributed by atoms with Gasteiger partial charge in [-0.25, -0.2) is 0 Å². The zero-order chi connectivity index (χ0) is 13.7. The van der Waals surface area contributed by atoms with Gasteiger partial charge in [-0.05, 0) is 37.7 Å². The van der Waals surface area contributed by atoms with E-state index in [9.17, 15) is 4.79 Å². The monoisotopic (exact) mass is 296 g/mol. The Morgan fingerprint density at radius 3 is 2.75 bits per heavy atom. The van der Waals surface area contributed by atoms with E-state index in [-0.39, 0.29) is 24.4 Å². The molecule has 112 valence electrons. The number of hydrogen-bond donors (Lipinski definition) is 1. The van der Waals surface area contributed by atoms with Gasteiger partial charge in [0.25, 0.3) is 0 Å². The van der Waals surface area contributed by atoms with E-state index < -0.39 is 0 Å². The van der Waals surface area contributed by atoms with E-state index in [0.29, 0.717) is 12.3 Å². The van der Waals surface area contributed by atoms with Crippen LogP contribution in [-0.2, 0) is 11.2 Å². The molecule has 1 aliphatic rings. The van der Waals surface area contributed by atoms with Crippen LogP contribution in [-0.4, -0.2) is 29.9 Å². The number of hydrogen-bond acceptors (Lipinski definition) is 2. The van der Waals surface area contributed by atoms with E-state index in [4.69, 9.17) is 5.73 Å². The molecule has 0 radical (unpaired) electrons. The Kier molecular flexibility index (Phi) is 7.03. The van der Waals surface area contributed by atoms with Gasteiger partial charge < -0.3 is 10.6 Å². The van der Waals surface area contributed by atoms with Crippen LogP contribution in [0.15, 0.2) is 30.3 Å². The summed E-state index contributed by atoms with van der Waals surface area (Å²) >= 11 is 0. The van der Waals surface area contributed by atoms with Gasteiger partial charge in [-0.2, -0.15) is 0 Å². The lowest BCUT2D eigenvalue weighted by Crippen LogP contribution is -2.30. The van der Waals surface area contributed by atoms with Crippen molar-refractivity contribution in [2.45, 2.75) is 38.6 Å². The molecule has 0 saturated carbocycles. The Morgan fingerprint density at radius 1 is 1.40 bits per heavy atom. The summed E-state index contributed by atoms with van der Waals surface area (Å²) < 4.78 is 0. The van der Waals surface area contributed by atoms with Gasteiger partial charge in [0.1, 0.15) is 0 Å². The minimum atomic E-state index is 0. The van der Waals surface area contributed by atoms with Crippen LogP contribution in [0.5, 0.6) is 0 Å². The number of nitrogens with two attached hydrogens (primary N) is 1. The highest BCUT2D eigenvalue weighted by Crippen LogP contribution is 2.21. The van der Waals surface area contributed by atoms with Crippen LogP contribution < -0.4 is 5.73 Å². The molecule has 1 heterocycles. The van der Waals surface area contributed by atoms with Crippen LogP contribution in [0.25, 0.3) is 0 Å². The van der Waals surface area contributed by atoms with Gasteiger partial charge in [-0.1, -0.05) is 30.3 Å². The van der Waals surface area contributed by atoms with Crippen molar-refractivity contribution in [3.05, 3.63) is 35.9 Å². The first kappa shape index (κ1) is 17.0. The SMILES string of the molecule is CC(N)CCC(=O)N1CCC(Cc2ccccc2)C1.Cl. The van der Waals surface area contributed by atoms with Crippen molar-refractivity contribution in [1.29, 1.82) is 0 Å². The van der Waals surface area contributed by atoms with Crippen molar-refractivity contribution in [3.8, 4) is 0 Å². The number of likely N-dealkylation sites (tertiary alicyclic amines) is 1. The second kappa shape index (κ2) is 8.28. The first-order chi connectivity index (χ1) is 9.15. The van der Waals surface area contributed by atoms with Gasteiger partial charge in [0, 0.05) is 25.6 Å². The van der Waals surface area contributed by atoms with E-state index in [1.54, 1.807) is 0 Å². The molecule has 2 N–H and O–H groups in total. The van der Waals surface area contributed by atoms with Crippen molar-refractivity contribution in [1.82, 2.24) is 4.90 Å². The van der Waals surface area contributed by atoms with Gasteiger partial charge in [0.05, 0.1) is 0 Å². The molecule has 0 bridgehead atoms. The number of nitrogens with zero attached hydrogens (tertiary/aromatic N) is 1. The molecular weight excluding hydrogens is 272 g/mol. The molecule has 1 aliphatic heterocycles. The van der Waals surface area contributed by atoms with Crippen molar-refractivity contribution in [2.24, 2.45) is 11.7 Å². The number of rotatable bonds is 5. The van der Waals surface area contributed by atoms with Crippen LogP contribution in [0, 0.1) is 5.92 Å². The van der Waals surface area contributed by atoms with Crippen LogP contribution in [0.4, 0.5) is 0 Å². The van der Waals surface area contributed by atoms with Gasteiger partial charge in [0.15, 0.2) is 0 Å². The maximum Gasteiger partial charge on any atom is 0.222 e. The summed E-state index contributed by atoms with van der Waals surface area (Å²) in [7, 11) is 0. The van der Waals surface area contributed by atoms with E-state index in [1.165, 1.54) is 5.56 Å². The molecule has 20 heavy (non-hydrogen) atoms. The lowest BCUT2D eigenvalue weighted by molar-refractivity contribution is -0.130. The summed E-state index contributed by atoms with van der Waals surface area (Å²) in [5, 5.41) is 0. The Labute approximate surface area is 127 Å². The standard InChI is InChI=1S/C16H24N2O.ClH/c1-13(17)7-8-16(19)18-10-9-15(12-18)11-14-5-3-2-4-6-14;/h2-6,13,15H,7-12,17H2,1H3;1H. The molecule has 1 fully saturated rings. The van der Waals surface area contributed by atoms with E-state index in [1.807, 2.05) is 17.9 Å². The average Bonchev–Trinajstić information content (AvgIpc) is 2.85. The fourth-order valence-electron chi connectivity index (χ4n) is 2.68. The maximum absolute atomic E-state index is 12.0.